The third kappa shape index (κ3) is 2.68. The van der Waals surface area contributed by atoms with Crippen LogP contribution in [0.5, 0.6) is 0 Å². The molecule has 90 valence electrons. The Morgan fingerprint density at radius 2 is 2.24 bits per heavy atom. The minimum Gasteiger partial charge on any atom is -0.389 e. The first-order chi connectivity index (χ1) is 8.08. The van der Waals surface area contributed by atoms with E-state index in [2.05, 4.69) is 4.98 Å². The van der Waals surface area contributed by atoms with Gasteiger partial charge in [-0.1, -0.05) is 11.8 Å². The molecule has 2 rings (SSSR count). The van der Waals surface area contributed by atoms with E-state index in [9.17, 15) is 9.50 Å². The van der Waals surface area contributed by atoms with Gasteiger partial charge in [0.1, 0.15) is 5.82 Å². The van der Waals surface area contributed by atoms with Crippen molar-refractivity contribution in [1.82, 2.24) is 9.55 Å². The van der Waals surface area contributed by atoms with Crippen LogP contribution in [-0.4, -0.2) is 14.7 Å². The number of rotatable bonds is 3. The molecule has 3 nitrogen and oxygen atoms in total. The van der Waals surface area contributed by atoms with Gasteiger partial charge in [-0.2, -0.15) is 0 Å². The minimum absolute atomic E-state index is 0.343. The molecule has 0 aliphatic heterocycles. The molecule has 1 heterocycles. The number of aliphatic hydroxyl groups is 1. The lowest BCUT2D eigenvalue weighted by Gasteiger charge is -2.11. The summed E-state index contributed by atoms with van der Waals surface area (Å²) in [4.78, 5) is 5.00. The number of halogens is 1. The number of nitrogens with zero attached hydrogens (tertiary/aromatic N) is 2. The number of hydrogen-bond donors (Lipinski definition) is 1. The molecule has 0 fully saturated rings. The van der Waals surface area contributed by atoms with E-state index in [-0.39, 0.29) is 5.82 Å². The minimum atomic E-state index is -0.700. The lowest BCUT2D eigenvalue weighted by molar-refractivity contribution is 0.196. The summed E-state index contributed by atoms with van der Waals surface area (Å²) in [6.45, 7) is 1.62. The number of aromatic nitrogens is 2. The van der Waals surface area contributed by atoms with E-state index < -0.39 is 6.10 Å². The van der Waals surface area contributed by atoms with Crippen LogP contribution in [0.3, 0.4) is 0 Å². The van der Waals surface area contributed by atoms with Gasteiger partial charge < -0.3 is 9.67 Å². The molecule has 0 spiro atoms. The maximum absolute atomic E-state index is 13.1. The Kier molecular flexibility index (Phi) is 3.49. The van der Waals surface area contributed by atoms with Crippen LogP contribution in [0.15, 0.2) is 40.6 Å². The molecule has 0 saturated heterocycles. The highest BCUT2D eigenvalue weighted by molar-refractivity contribution is 7.99. The van der Waals surface area contributed by atoms with Crippen molar-refractivity contribution >= 4 is 11.8 Å². The van der Waals surface area contributed by atoms with Crippen molar-refractivity contribution in [1.29, 1.82) is 0 Å². The second-order valence-electron chi connectivity index (χ2n) is 3.78. The first-order valence-electron chi connectivity index (χ1n) is 5.20. The standard InChI is InChI=1S/C12H13FN2OS/c1-8(16)10-7-9(13)3-4-11(10)17-12-14-5-6-15(12)2/h3-8,16H,1-2H3/t8-/m0/s1. The molecule has 0 bridgehead atoms. The summed E-state index contributed by atoms with van der Waals surface area (Å²) in [5, 5.41) is 10.4. The molecular weight excluding hydrogens is 239 g/mol. The van der Waals surface area contributed by atoms with Crippen LogP contribution in [0.4, 0.5) is 4.39 Å². The van der Waals surface area contributed by atoms with Crippen LogP contribution < -0.4 is 0 Å². The average Bonchev–Trinajstić information content (AvgIpc) is 2.67. The maximum Gasteiger partial charge on any atom is 0.172 e. The van der Waals surface area contributed by atoms with Gasteiger partial charge in [-0.25, -0.2) is 9.37 Å². The fourth-order valence-electron chi connectivity index (χ4n) is 1.49. The Bertz CT molecular complexity index is 525. The molecule has 0 saturated carbocycles. The Labute approximate surface area is 103 Å². The second-order valence-corrected chi connectivity index (χ2v) is 4.79. The highest BCUT2D eigenvalue weighted by atomic mass is 32.2. The number of aryl methyl sites for hydroxylation is 1. The van der Waals surface area contributed by atoms with Gasteiger partial charge in [0.25, 0.3) is 0 Å². The summed E-state index contributed by atoms with van der Waals surface area (Å²) in [7, 11) is 1.89. The van der Waals surface area contributed by atoms with Crippen molar-refractivity contribution in [2.75, 3.05) is 0 Å². The highest BCUT2D eigenvalue weighted by Gasteiger charge is 2.12. The molecule has 1 aromatic carbocycles. The van der Waals surface area contributed by atoms with Crippen molar-refractivity contribution in [3.8, 4) is 0 Å². The van der Waals surface area contributed by atoms with Crippen molar-refractivity contribution in [3.05, 3.63) is 42.0 Å². The maximum atomic E-state index is 13.1. The van der Waals surface area contributed by atoms with Gasteiger partial charge in [0, 0.05) is 24.3 Å². The highest BCUT2D eigenvalue weighted by Crippen LogP contribution is 2.32. The van der Waals surface area contributed by atoms with Gasteiger partial charge in [-0.15, -0.1) is 0 Å². The Morgan fingerprint density at radius 3 is 2.82 bits per heavy atom. The van der Waals surface area contributed by atoms with Crippen LogP contribution in [0.2, 0.25) is 0 Å². The van der Waals surface area contributed by atoms with E-state index in [4.69, 9.17) is 0 Å². The molecule has 1 aromatic heterocycles. The third-order valence-corrected chi connectivity index (χ3v) is 3.57. The number of imidazole rings is 1. The van der Waals surface area contributed by atoms with E-state index in [0.29, 0.717) is 5.56 Å². The zero-order chi connectivity index (χ0) is 12.4. The van der Waals surface area contributed by atoms with Crippen LogP contribution in [0.1, 0.15) is 18.6 Å². The molecule has 0 amide bonds. The van der Waals surface area contributed by atoms with Crippen LogP contribution in [0.25, 0.3) is 0 Å². The number of aliphatic hydroxyl groups excluding tert-OH is 1. The van der Waals surface area contributed by atoms with Gasteiger partial charge in [-0.05, 0) is 30.7 Å². The van der Waals surface area contributed by atoms with Crippen molar-refractivity contribution in [2.24, 2.45) is 7.05 Å². The van der Waals surface area contributed by atoms with Crippen LogP contribution >= 0.6 is 11.8 Å². The SMILES string of the molecule is C[C@H](O)c1cc(F)ccc1Sc1nccn1C. The summed E-state index contributed by atoms with van der Waals surface area (Å²) in [5.41, 5.74) is 0.581. The quantitative estimate of drug-likeness (QED) is 0.912. The predicted octanol–water partition coefficient (Wildman–Crippen LogP) is 2.76. The third-order valence-electron chi connectivity index (χ3n) is 2.40. The molecule has 0 aliphatic carbocycles. The Hall–Kier alpha value is -1.33. The number of hydrogen-bond acceptors (Lipinski definition) is 3. The van der Waals surface area contributed by atoms with E-state index in [0.717, 1.165) is 10.1 Å². The Morgan fingerprint density at radius 1 is 1.47 bits per heavy atom. The second kappa shape index (κ2) is 4.89. The molecule has 0 unspecified atom stereocenters. The molecule has 2 aromatic rings. The molecule has 1 atom stereocenters. The van der Waals surface area contributed by atoms with Crippen LogP contribution in [-0.2, 0) is 7.05 Å². The number of benzene rings is 1. The van der Waals surface area contributed by atoms with Gasteiger partial charge >= 0.3 is 0 Å². The molecular formula is C12H13FN2OS. The molecule has 0 aliphatic rings. The summed E-state index contributed by atoms with van der Waals surface area (Å²) < 4.78 is 15.0. The van der Waals surface area contributed by atoms with Crippen molar-refractivity contribution in [3.63, 3.8) is 0 Å². The zero-order valence-electron chi connectivity index (χ0n) is 9.59. The van der Waals surface area contributed by atoms with Gasteiger partial charge in [0.2, 0.25) is 0 Å². The van der Waals surface area contributed by atoms with Gasteiger partial charge in [-0.3, -0.25) is 0 Å². The van der Waals surface area contributed by atoms with E-state index in [1.807, 2.05) is 17.8 Å². The van der Waals surface area contributed by atoms with Crippen molar-refractivity contribution < 1.29 is 9.50 Å². The first-order valence-corrected chi connectivity index (χ1v) is 6.02. The monoisotopic (exact) mass is 252 g/mol. The summed E-state index contributed by atoms with van der Waals surface area (Å²) in [6.07, 6.45) is 2.84. The lowest BCUT2D eigenvalue weighted by atomic mass is 10.1. The van der Waals surface area contributed by atoms with Crippen LogP contribution in [0, 0.1) is 5.82 Å². The molecule has 1 N–H and O–H groups in total. The van der Waals surface area contributed by atoms with E-state index in [1.165, 1.54) is 23.9 Å². The summed E-state index contributed by atoms with van der Waals surface area (Å²) >= 11 is 1.41. The van der Waals surface area contributed by atoms with Gasteiger partial charge in [0.15, 0.2) is 5.16 Å². The Balaban J connectivity index is 2.36. The van der Waals surface area contributed by atoms with Gasteiger partial charge in [0.05, 0.1) is 6.10 Å². The molecule has 17 heavy (non-hydrogen) atoms. The zero-order valence-corrected chi connectivity index (χ0v) is 10.4. The summed E-state index contributed by atoms with van der Waals surface area (Å²) in [6, 6.07) is 4.41. The molecule has 5 heteroatoms. The van der Waals surface area contributed by atoms with E-state index in [1.54, 1.807) is 19.2 Å². The fourth-order valence-corrected chi connectivity index (χ4v) is 2.49. The fraction of sp³-hybridized carbons (Fsp3) is 0.250. The first kappa shape index (κ1) is 12.1. The average molecular weight is 252 g/mol. The normalized spacial score (nSPS) is 12.7. The topological polar surface area (TPSA) is 38.1 Å². The smallest absolute Gasteiger partial charge is 0.172 e. The summed E-state index contributed by atoms with van der Waals surface area (Å²) in [5.74, 6) is -0.343. The van der Waals surface area contributed by atoms with E-state index >= 15 is 0 Å². The van der Waals surface area contributed by atoms with Crippen molar-refractivity contribution in [2.45, 2.75) is 23.1 Å². The lowest BCUT2D eigenvalue weighted by Crippen LogP contribution is -1.96. The molecule has 0 radical (unpaired) electrons. The largest absolute Gasteiger partial charge is 0.389 e. The predicted molar refractivity (Wildman–Crippen MR) is 64.4 cm³/mol.